The van der Waals surface area contributed by atoms with Gasteiger partial charge in [-0.15, -0.1) is 0 Å². The van der Waals surface area contributed by atoms with E-state index >= 15 is 0 Å². The fourth-order valence-corrected chi connectivity index (χ4v) is 2.93. The molecule has 0 fully saturated rings. The van der Waals surface area contributed by atoms with Crippen molar-refractivity contribution in [1.29, 1.82) is 0 Å². The Hall–Kier alpha value is -1.03. The van der Waals surface area contributed by atoms with Crippen LogP contribution in [0.25, 0.3) is 0 Å². The monoisotopic (exact) mass is 234 g/mol. The zero-order chi connectivity index (χ0) is 10.3. The predicted octanol–water partition coefficient (Wildman–Crippen LogP) is 3.47. The van der Waals surface area contributed by atoms with Crippen LogP contribution in [-0.2, 0) is 25.8 Å². The van der Waals surface area contributed by atoms with Gasteiger partial charge in [-0.05, 0) is 0 Å². The van der Waals surface area contributed by atoms with E-state index in [4.69, 9.17) is 0 Å². The van der Waals surface area contributed by atoms with Gasteiger partial charge in [-0.2, -0.15) is 0 Å². The van der Waals surface area contributed by atoms with E-state index in [0.717, 1.165) is 0 Å². The summed E-state index contributed by atoms with van der Waals surface area (Å²) >= 11 is 0.683. The molecule has 0 aliphatic rings. The van der Waals surface area contributed by atoms with Gasteiger partial charge in [0.25, 0.3) is 0 Å². The molecule has 0 aromatic heterocycles. The molecular formula is C14H14Cr. The average molecular weight is 234 g/mol. The summed E-state index contributed by atoms with van der Waals surface area (Å²) in [5.41, 5.74) is 2.93. The minimum atomic E-state index is 0.683. The molecule has 15 heavy (non-hydrogen) atoms. The summed E-state index contributed by atoms with van der Waals surface area (Å²) in [5, 5.41) is 2.48. The Morgan fingerprint density at radius 1 is 0.600 bits per heavy atom. The maximum atomic E-state index is 2.22. The normalized spacial score (nSPS) is 10.1. The van der Waals surface area contributed by atoms with Crippen molar-refractivity contribution in [2.24, 2.45) is 0 Å². The molecule has 0 spiro atoms. The van der Waals surface area contributed by atoms with Gasteiger partial charge in [-0.1, -0.05) is 0 Å². The standard InChI is InChI=1S/2C7H7.Cr/c2*1-7-5-3-2-4-6-7;/h2*2-6H,1H2;. The molecular weight excluding hydrogens is 220 g/mol. The second-order valence-corrected chi connectivity index (χ2v) is 5.00. The molecule has 0 saturated carbocycles. The van der Waals surface area contributed by atoms with Crippen LogP contribution >= 0.6 is 0 Å². The van der Waals surface area contributed by atoms with Crippen molar-refractivity contribution in [2.45, 2.75) is 10.6 Å². The van der Waals surface area contributed by atoms with E-state index in [1.165, 1.54) is 21.7 Å². The zero-order valence-corrected chi connectivity index (χ0v) is 9.87. The Balaban J connectivity index is 1.81. The van der Waals surface area contributed by atoms with Gasteiger partial charge in [-0.25, -0.2) is 0 Å². The molecule has 2 rings (SSSR count). The van der Waals surface area contributed by atoms with Crippen LogP contribution in [0.4, 0.5) is 0 Å². The van der Waals surface area contributed by atoms with E-state index in [2.05, 4.69) is 60.7 Å². The molecule has 0 nitrogen and oxygen atoms in total. The first-order valence-corrected chi connectivity index (χ1v) is 6.91. The van der Waals surface area contributed by atoms with Gasteiger partial charge in [0.2, 0.25) is 0 Å². The molecule has 1 heteroatoms. The van der Waals surface area contributed by atoms with Crippen LogP contribution < -0.4 is 0 Å². The zero-order valence-electron chi connectivity index (χ0n) is 8.60. The van der Waals surface area contributed by atoms with Gasteiger partial charge in [0, 0.05) is 0 Å². The van der Waals surface area contributed by atoms with E-state index in [9.17, 15) is 0 Å². The summed E-state index contributed by atoms with van der Waals surface area (Å²) in [6, 6.07) is 21.5. The summed E-state index contributed by atoms with van der Waals surface area (Å²) in [4.78, 5) is 0. The molecule has 0 saturated heterocycles. The molecule has 2 aromatic carbocycles. The molecule has 0 amide bonds. The van der Waals surface area contributed by atoms with Crippen LogP contribution in [0.1, 0.15) is 11.1 Å². The number of rotatable bonds is 4. The van der Waals surface area contributed by atoms with Gasteiger partial charge in [-0.3, -0.25) is 0 Å². The fraction of sp³-hybridized carbons (Fsp3) is 0.143. The third-order valence-corrected chi connectivity index (χ3v) is 3.90. The van der Waals surface area contributed by atoms with Crippen LogP contribution in [0.2, 0.25) is 0 Å². The second kappa shape index (κ2) is 5.76. The SMILES string of the molecule is c1ccc([CH2][Cr][CH2]c2ccccc2)cc1. The molecule has 0 unspecified atom stereocenters. The first-order chi connectivity index (χ1) is 7.45. The van der Waals surface area contributed by atoms with E-state index in [-0.39, 0.29) is 0 Å². The molecule has 76 valence electrons. The number of benzene rings is 2. The molecule has 0 bridgehead atoms. The summed E-state index contributed by atoms with van der Waals surface area (Å²) in [6.45, 7) is 0. The van der Waals surface area contributed by atoms with Gasteiger partial charge in [0.05, 0.1) is 0 Å². The van der Waals surface area contributed by atoms with Crippen LogP contribution in [0.3, 0.4) is 0 Å². The van der Waals surface area contributed by atoms with Crippen molar-refractivity contribution in [3.63, 3.8) is 0 Å². The van der Waals surface area contributed by atoms with Crippen molar-refractivity contribution in [2.75, 3.05) is 0 Å². The molecule has 0 radical (unpaired) electrons. The van der Waals surface area contributed by atoms with E-state index < -0.39 is 0 Å². The average Bonchev–Trinajstić information content (AvgIpc) is 2.32. The fourth-order valence-electron chi connectivity index (χ4n) is 1.44. The van der Waals surface area contributed by atoms with Crippen molar-refractivity contribution in [3.8, 4) is 0 Å². The van der Waals surface area contributed by atoms with E-state index in [1.807, 2.05) is 0 Å². The van der Waals surface area contributed by atoms with Crippen LogP contribution in [0, 0.1) is 0 Å². The van der Waals surface area contributed by atoms with E-state index in [0.29, 0.717) is 15.2 Å². The first-order valence-electron chi connectivity index (χ1n) is 5.11. The van der Waals surface area contributed by atoms with Gasteiger partial charge in [0.15, 0.2) is 0 Å². The second-order valence-electron chi connectivity index (χ2n) is 3.46. The Kier molecular flexibility index (Phi) is 4.03. The van der Waals surface area contributed by atoms with Gasteiger partial charge < -0.3 is 0 Å². The van der Waals surface area contributed by atoms with Crippen LogP contribution in [0.5, 0.6) is 0 Å². The van der Waals surface area contributed by atoms with Crippen molar-refractivity contribution in [3.05, 3.63) is 71.8 Å². The summed E-state index contributed by atoms with van der Waals surface area (Å²) < 4.78 is 0. The number of hydrogen-bond acceptors (Lipinski definition) is 0. The summed E-state index contributed by atoms with van der Waals surface area (Å²) in [5.74, 6) is 0. The topological polar surface area (TPSA) is 0 Å². The third kappa shape index (κ3) is 3.55. The Bertz CT molecular complexity index is 341. The minimum absolute atomic E-state index is 0.683. The number of hydrogen-bond donors (Lipinski definition) is 0. The summed E-state index contributed by atoms with van der Waals surface area (Å²) in [7, 11) is 0. The molecule has 0 aliphatic heterocycles. The van der Waals surface area contributed by atoms with Crippen LogP contribution in [-0.4, -0.2) is 0 Å². The van der Waals surface area contributed by atoms with Crippen LogP contribution in [0.15, 0.2) is 60.7 Å². The van der Waals surface area contributed by atoms with Crippen molar-refractivity contribution < 1.29 is 15.2 Å². The van der Waals surface area contributed by atoms with E-state index in [1.54, 1.807) is 0 Å². The molecule has 0 heterocycles. The molecule has 0 atom stereocenters. The predicted molar refractivity (Wildman–Crippen MR) is 60.3 cm³/mol. The maximum absolute atomic E-state index is 2.22. The Morgan fingerprint density at radius 3 is 1.40 bits per heavy atom. The van der Waals surface area contributed by atoms with Crippen molar-refractivity contribution >= 4 is 0 Å². The third-order valence-electron chi connectivity index (χ3n) is 2.22. The van der Waals surface area contributed by atoms with Crippen molar-refractivity contribution in [1.82, 2.24) is 0 Å². The molecule has 0 aliphatic carbocycles. The van der Waals surface area contributed by atoms with Gasteiger partial charge in [0.1, 0.15) is 0 Å². The Labute approximate surface area is 97.7 Å². The Morgan fingerprint density at radius 2 is 1.00 bits per heavy atom. The molecule has 0 N–H and O–H groups in total. The first kappa shape index (κ1) is 10.5. The quantitative estimate of drug-likeness (QED) is 0.760. The summed E-state index contributed by atoms with van der Waals surface area (Å²) in [6.07, 6.45) is 0. The molecule has 2 aromatic rings. The van der Waals surface area contributed by atoms with Gasteiger partial charge >= 0.3 is 97.6 Å².